The molecule has 4 heterocycles. The average Bonchev–Trinajstić information content (AvgIpc) is 3.68. The molecule has 4 aromatic heterocycles. The van der Waals surface area contributed by atoms with Gasteiger partial charge in [-0.25, -0.2) is 0 Å². The second kappa shape index (κ2) is 10.4. The molecule has 0 unspecified atom stereocenters. The molecule has 0 N–H and O–H groups in total. The first kappa shape index (κ1) is 28.9. The van der Waals surface area contributed by atoms with Crippen molar-refractivity contribution in [2.45, 2.75) is 26.2 Å². The zero-order valence-electron chi connectivity index (χ0n) is 26.5. The maximum atomic E-state index is 6.58. The third kappa shape index (κ3) is 4.07. The summed E-state index contributed by atoms with van der Waals surface area (Å²) in [6.45, 7) is 6.80. The quantitative estimate of drug-likeness (QED) is 0.102. The smallest absolute Gasteiger partial charge is 0.497 e. The van der Waals surface area contributed by atoms with Crippen molar-refractivity contribution in [3.05, 3.63) is 133 Å². The number of hydrogen-bond donors (Lipinski definition) is 0. The summed E-state index contributed by atoms with van der Waals surface area (Å²) >= 11 is 0. The molecule has 6 heteroatoms. The van der Waals surface area contributed by atoms with E-state index >= 15 is 0 Å². The zero-order valence-corrected chi connectivity index (χ0v) is 28.0. The minimum Gasteiger partial charge on any atom is -0.497 e. The first-order valence-corrected chi connectivity index (χ1v) is 15.9. The molecule has 0 aliphatic rings. The molecule has 0 spiro atoms. The van der Waals surface area contributed by atoms with Gasteiger partial charge in [-0.15, -0.1) is 12.1 Å². The second-order valence-corrected chi connectivity index (χ2v) is 13.3. The van der Waals surface area contributed by atoms with Crippen molar-refractivity contribution in [3.63, 3.8) is 0 Å². The minimum absolute atomic E-state index is 0. The number of imidazole rings is 2. The third-order valence-corrected chi connectivity index (χ3v) is 9.42. The van der Waals surface area contributed by atoms with Crippen LogP contribution >= 0.6 is 0 Å². The van der Waals surface area contributed by atoms with Gasteiger partial charge in [-0.2, -0.15) is 0 Å². The maximum absolute atomic E-state index is 6.58. The van der Waals surface area contributed by atoms with E-state index < -0.39 is 0 Å². The first-order chi connectivity index (χ1) is 22.9. The van der Waals surface area contributed by atoms with Crippen LogP contribution < -0.4 is 4.74 Å². The number of fused-ring (bicyclic) bond motifs is 16. The van der Waals surface area contributed by atoms with Gasteiger partial charge in [0.05, 0.1) is 33.4 Å². The number of para-hydroxylation sites is 5. The van der Waals surface area contributed by atoms with Crippen LogP contribution in [0.5, 0.6) is 11.5 Å². The summed E-state index contributed by atoms with van der Waals surface area (Å²) in [4.78, 5) is 10.2. The van der Waals surface area contributed by atoms with Crippen LogP contribution in [0.15, 0.2) is 115 Å². The fraction of sp³-hybridized carbons (Fsp3) is 0.0952. The van der Waals surface area contributed by atoms with Crippen LogP contribution in [0.3, 0.4) is 0 Å². The number of pyridine rings is 2. The van der Waals surface area contributed by atoms with Gasteiger partial charge in [0.25, 0.3) is 0 Å². The zero-order chi connectivity index (χ0) is 31.4. The van der Waals surface area contributed by atoms with E-state index in [1.54, 1.807) is 0 Å². The standard InChI is InChI=1S/C42H28N4O.Pd/c1-42(2,3)32-12-10-18-38-39(32)29-22-20-26(24-31(29)41-44-34-14-6-9-17-37(34)46(38)41)47-25-19-21-27-28-11-4-7-15-35(28)45-36-16-8-5-13-33(36)43-40(45)30(27)23-25;/h4-22H,1-3H3;/q-2;+2. The van der Waals surface area contributed by atoms with E-state index in [0.29, 0.717) is 11.5 Å². The van der Waals surface area contributed by atoms with Gasteiger partial charge in [0.2, 0.25) is 0 Å². The Labute approximate surface area is 290 Å². The summed E-state index contributed by atoms with van der Waals surface area (Å²) in [6.07, 6.45) is 0. The maximum Gasteiger partial charge on any atom is 2.00 e. The largest absolute Gasteiger partial charge is 2.00 e. The minimum atomic E-state index is -0.0567. The number of benzene rings is 6. The van der Waals surface area contributed by atoms with Gasteiger partial charge < -0.3 is 13.5 Å². The van der Waals surface area contributed by atoms with Crippen LogP contribution in [0.25, 0.3) is 76.7 Å². The van der Waals surface area contributed by atoms with E-state index in [2.05, 4.69) is 133 Å². The van der Waals surface area contributed by atoms with Crippen molar-refractivity contribution in [1.29, 1.82) is 0 Å². The van der Waals surface area contributed by atoms with Crippen LogP contribution in [0.4, 0.5) is 0 Å². The van der Waals surface area contributed by atoms with E-state index in [1.807, 2.05) is 24.3 Å². The molecule has 0 fully saturated rings. The molecular formula is C42H28N4OPd. The van der Waals surface area contributed by atoms with E-state index in [1.165, 1.54) is 10.9 Å². The fourth-order valence-electron chi connectivity index (χ4n) is 7.38. The monoisotopic (exact) mass is 710 g/mol. The second-order valence-electron chi connectivity index (χ2n) is 13.3. The van der Waals surface area contributed by atoms with Crippen LogP contribution in [-0.4, -0.2) is 18.8 Å². The molecular weight excluding hydrogens is 683 g/mol. The molecule has 10 rings (SSSR count). The Hall–Kier alpha value is -5.28. The normalized spacial score (nSPS) is 12.3. The van der Waals surface area contributed by atoms with Crippen molar-refractivity contribution in [2.75, 3.05) is 0 Å². The molecule has 48 heavy (non-hydrogen) atoms. The van der Waals surface area contributed by atoms with Gasteiger partial charge in [0.15, 0.2) is 0 Å². The summed E-state index contributed by atoms with van der Waals surface area (Å²) in [5, 5.41) is 6.41. The van der Waals surface area contributed by atoms with Crippen LogP contribution in [0, 0.1) is 12.1 Å². The molecule has 6 aromatic carbocycles. The summed E-state index contributed by atoms with van der Waals surface area (Å²) in [5.41, 5.74) is 9.26. The molecule has 0 saturated heterocycles. The van der Waals surface area contributed by atoms with E-state index in [-0.39, 0.29) is 25.8 Å². The average molecular weight is 711 g/mol. The first-order valence-electron chi connectivity index (χ1n) is 15.9. The van der Waals surface area contributed by atoms with Crippen molar-refractivity contribution >= 4 is 76.7 Å². The predicted octanol–water partition coefficient (Wildman–Crippen LogP) is 10.6. The van der Waals surface area contributed by atoms with Crippen LogP contribution in [0.2, 0.25) is 0 Å². The SMILES string of the molecule is CC(C)(C)c1cccc2c1c1ccc(Oc3[c-]c4c(cc3)c3ccccc3n3c5ccccc5nc43)[c-]c1c1nc3ccccc3n21.[Pd+2]. The molecule has 0 radical (unpaired) electrons. The van der Waals surface area contributed by atoms with E-state index in [9.17, 15) is 0 Å². The number of nitrogens with zero attached hydrogens (tertiary/aromatic N) is 4. The Balaban J connectivity index is 0.00000314. The van der Waals surface area contributed by atoms with Gasteiger partial charge in [0.1, 0.15) is 0 Å². The van der Waals surface area contributed by atoms with Crippen molar-refractivity contribution in [3.8, 4) is 11.5 Å². The molecule has 10 aromatic rings. The van der Waals surface area contributed by atoms with Crippen molar-refractivity contribution in [2.24, 2.45) is 0 Å². The molecule has 0 aliphatic carbocycles. The van der Waals surface area contributed by atoms with Crippen LogP contribution in [-0.2, 0) is 25.8 Å². The van der Waals surface area contributed by atoms with Gasteiger partial charge in [-0.05, 0) is 58.1 Å². The molecule has 232 valence electrons. The van der Waals surface area contributed by atoms with Crippen molar-refractivity contribution in [1.82, 2.24) is 18.8 Å². The van der Waals surface area contributed by atoms with Gasteiger partial charge in [-0.1, -0.05) is 121 Å². The Kier molecular flexibility index (Phi) is 6.24. The fourth-order valence-corrected chi connectivity index (χ4v) is 7.38. The predicted molar refractivity (Wildman–Crippen MR) is 192 cm³/mol. The molecule has 0 aliphatic heterocycles. The van der Waals surface area contributed by atoms with Crippen LogP contribution in [0.1, 0.15) is 26.3 Å². The molecule has 0 bridgehead atoms. The molecule has 0 amide bonds. The Morgan fingerprint density at radius 3 is 1.69 bits per heavy atom. The summed E-state index contributed by atoms with van der Waals surface area (Å²) in [5.74, 6) is 1.22. The van der Waals surface area contributed by atoms with Gasteiger partial charge >= 0.3 is 20.4 Å². The van der Waals surface area contributed by atoms with E-state index in [4.69, 9.17) is 14.7 Å². The molecule has 5 nitrogen and oxygen atoms in total. The van der Waals surface area contributed by atoms with Gasteiger partial charge in [0, 0.05) is 22.5 Å². The topological polar surface area (TPSA) is 43.8 Å². The molecule has 0 saturated carbocycles. The summed E-state index contributed by atoms with van der Waals surface area (Å²) < 4.78 is 11.1. The summed E-state index contributed by atoms with van der Waals surface area (Å²) in [6, 6.07) is 47.1. The third-order valence-electron chi connectivity index (χ3n) is 9.42. The summed E-state index contributed by atoms with van der Waals surface area (Å²) in [7, 11) is 0. The Morgan fingerprint density at radius 1 is 0.521 bits per heavy atom. The number of ether oxygens (including phenoxy) is 1. The Morgan fingerprint density at radius 2 is 1.04 bits per heavy atom. The number of aromatic nitrogens is 4. The Bertz CT molecular complexity index is 2930. The van der Waals surface area contributed by atoms with E-state index in [0.717, 1.165) is 71.3 Å². The number of rotatable bonds is 2. The number of hydrogen-bond acceptors (Lipinski definition) is 3. The van der Waals surface area contributed by atoms with Crippen molar-refractivity contribution < 1.29 is 25.2 Å². The van der Waals surface area contributed by atoms with Gasteiger partial charge in [-0.3, -0.25) is 9.97 Å². The molecule has 0 atom stereocenters.